The highest BCUT2D eigenvalue weighted by Crippen LogP contribution is 2.40. The molecule has 1 saturated heterocycles. The first-order chi connectivity index (χ1) is 12.8. The zero-order chi connectivity index (χ0) is 19.2. The molecule has 0 saturated carbocycles. The molecule has 0 aliphatic carbocycles. The number of rotatable bonds is 2. The first kappa shape index (κ1) is 18.5. The minimum absolute atomic E-state index is 0.224. The summed E-state index contributed by atoms with van der Waals surface area (Å²) < 4.78 is 34.6. The fraction of sp³-hybridized carbons (Fsp3) is 0.455. The van der Waals surface area contributed by atoms with Crippen LogP contribution in [0, 0.1) is 20.8 Å². The SMILES string of the molecule is Cc1cc(C)c(S(=O)(=O)N2CCC3(CCc4ccccc4O3)CC2)c(C)c1. The Hall–Kier alpha value is -1.85. The van der Waals surface area contributed by atoms with Gasteiger partial charge in [0, 0.05) is 25.9 Å². The molecule has 2 aromatic rings. The highest BCUT2D eigenvalue weighted by molar-refractivity contribution is 7.89. The van der Waals surface area contributed by atoms with Crippen molar-refractivity contribution in [1.82, 2.24) is 4.31 Å². The first-order valence-corrected chi connectivity index (χ1v) is 11.1. The highest BCUT2D eigenvalue weighted by Gasteiger charge is 2.42. The molecular weight excluding hydrogens is 358 g/mol. The monoisotopic (exact) mass is 385 g/mol. The molecule has 4 nitrogen and oxygen atoms in total. The van der Waals surface area contributed by atoms with Crippen LogP contribution in [0.4, 0.5) is 0 Å². The third kappa shape index (κ3) is 3.27. The minimum atomic E-state index is -3.48. The van der Waals surface area contributed by atoms with Gasteiger partial charge in [-0.2, -0.15) is 4.31 Å². The van der Waals surface area contributed by atoms with Crippen molar-refractivity contribution < 1.29 is 13.2 Å². The van der Waals surface area contributed by atoms with Crippen molar-refractivity contribution in [3.63, 3.8) is 0 Å². The van der Waals surface area contributed by atoms with Crippen LogP contribution in [-0.4, -0.2) is 31.4 Å². The predicted molar refractivity (Wildman–Crippen MR) is 107 cm³/mol. The number of fused-ring (bicyclic) bond motifs is 1. The Morgan fingerprint density at radius 1 is 0.963 bits per heavy atom. The second-order valence-electron chi connectivity index (χ2n) is 8.02. The normalized spacial score (nSPS) is 19.5. The van der Waals surface area contributed by atoms with Crippen LogP contribution in [0.5, 0.6) is 5.75 Å². The van der Waals surface area contributed by atoms with Gasteiger partial charge in [-0.3, -0.25) is 0 Å². The summed E-state index contributed by atoms with van der Waals surface area (Å²) in [5.41, 5.74) is 3.78. The third-order valence-corrected chi connectivity index (χ3v) is 8.19. The van der Waals surface area contributed by atoms with E-state index in [4.69, 9.17) is 4.74 Å². The van der Waals surface area contributed by atoms with Gasteiger partial charge < -0.3 is 4.74 Å². The molecule has 0 unspecified atom stereocenters. The number of nitrogens with zero attached hydrogens (tertiary/aromatic N) is 1. The third-order valence-electron chi connectivity index (χ3n) is 5.99. The number of benzene rings is 2. The number of hydrogen-bond acceptors (Lipinski definition) is 3. The Kier molecular flexibility index (Phi) is 4.55. The molecule has 1 fully saturated rings. The second kappa shape index (κ2) is 6.64. The van der Waals surface area contributed by atoms with Crippen LogP contribution in [0.25, 0.3) is 0 Å². The van der Waals surface area contributed by atoms with Crippen molar-refractivity contribution in [1.29, 1.82) is 0 Å². The molecule has 2 aliphatic rings. The topological polar surface area (TPSA) is 46.6 Å². The van der Waals surface area contributed by atoms with Crippen LogP contribution in [0.3, 0.4) is 0 Å². The van der Waals surface area contributed by atoms with Crippen LogP contribution in [0.15, 0.2) is 41.3 Å². The molecule has 1 spiro atoms. The van der Waals surface area contributed by atoms with E-state index in [1.165, 1.54) is 5.56 Å². The Labute approximate surface area is 162 Å². The molecule has 0 bridgehead atoms. The molecule has 144 valence electrons. The molecule has 27 heavy (non-hydrogen) atoms. The molecule has 0 aromatic heterocycles. The summed E-state index contributed by atoms with van der Waals surface area (Å²) in [6.07, 6.45) is 3.44. The van der Waals surface area contributed by atoms with Gasteiger partial charge in [-0.25, -0.2) is 8.42 Å². The smallest absolute Gasteiger partial charge is 0.243 e. The highest BCUT2D eigenvalue weighted by atomic mass is 32.2. The van der Waals surface area contributed by atoms with E-state index in [0.29, 0.717) is 18.0 Å². The van der Waals surface area contributed by atoms with Crippen LogP contribution >= 0.6 is 0 Å². The van der Waals surface area contributed by atoms with Gasteiger partial charge in [0.05, 0.1) is 4.90 Å². The van der Waals surface area contributed by atoms with Crippen molar-refractivity contribution in [2.24, 2.45) is 0 Å². The van der Waals surface area contributed by atoms with E-state index in [0.717, 1.165) is 48.1 Å². The lowest BCUT2D eigenvalue weighted by Crippen LogP contribution is -2.51. The maximum absolute atomic E-state index is 13.3. The Bertz CT molecular complexity index is 950. The number of ether oxygens (including phenoxy) is 1. The average Bonchev–Trinajstić information content (AvgIpc) is 2.61. The molecule has 2 aromatic carbocycles. The van der Waals surface area contributed by atoms with Gasteiger partial charge in [0.2, 0.25) is 10.0 Å². The molecular formula is C22H27NO3S. The van der Waals surface area contributed by atoms with E-state index in [2.05, 4.69) is 6.07 Å². The summed E-state index contributed by atoms with van der Waals surface area (Å²) >= 11 is 0. The summed E-state index contributed by atoms with van der Waals surface area (Å²) in [6, 6.07) is 12.1. The van der Waals surface area contributed by atoms with Gasteiger partial charge in [0.25, 0.3) is 0 Å². The largest absolute Gasteiger partial charge is 0.487 e. The minimum Gasteiger partial charge on any atom is -0.487 e. The molecule has 0 N–H and O–H groups in total. The van der Waals surface area contributed by atoms with Gasteiger partial charge in [-0.05, 0) is 56.4 Å². The molecule has 0 atom stereocenters. The number of para-hydroxylation sites is 1. The number of hydrogen-bond donors (Lipinski definition) is 0. The van der Waals surface area contributed by atoms with Crippen molar-refractivity contribution in [2.75, 3.05) is 13.1 Å². The Morgan fingerprint density at radius 3 is 2.26 bits per heavy atom. The lowest BCUT2D eigenvalue weighted by atomic mass is 9.84. The van der Waals surface area contributed by atoms with Crippen LogP contribution in [0.1, 0.15) is 41.5 Å². The van der Waals surface area contributed by atoms with Crippen LogP contribution in [-0.2, 0) is 16.4 Å². The molecule has 0 amide bonds. The van der Waals surface area contributed by atoms with E-state index in [-0.39, 0.29) is 5.60 Å². The van der Waals surface area contributed by atoms with Gasteiger partial charge in [0.15, 0.2) is 0 Å². The summed E-state index contributed by atoms with van der Waals surface area (Å²) in [5.74, 6) is 0.963. The van der Waals surface area contributed by atoms with Crippen LogP contribution < -0.4 is 4.74 Å². The number of piperidine rings is 1. The van der Waals surface area contributed by atoms with Gasteiger partial charge >= 0.3 is 0 Å². The number of sulfonamides is 1. The summed E-state index contributed by atoms with van der Waals surface area (Å²) in [5, 5.41) is 0. The van der Waals surface area contributed by atoms with E-state index in [1.807, 2.05) is 51.1 Å². The van der Waals surface area contributed by atoms with Gasteiger partial charge in [0.1, 0.15) is 11.4 Å². The van der Waals surface area contributed by atoms with E-state index in [1.54, 1.807) is 4.31 Å². The van der Waals surface area contributed by atoms with Gasteiger partial charge in [-0.15, -0.1) is 0 Å². The zero-order valence-electron chi connectivity index (χ0n) is 16.3. The molecule has 0 radical (unpaired) electrons. The maximum Gasteiger partial charge on any atom is 0.243 e. The number of aryl methyl sites for hydroxylation is 4. The fourth-order valence-electron chi connectivity index (χ4n) is 4.65. The van der Waals surface area contributed by atoms with E-state index >= 15 is 0 Å². The molecule has 2 heterocycles. The average molecular weight is 386 g/mol. The standard InChI is InChI=1S/C22H27NO3S/c1-16-14-17(2)21(18(3)15-16)27(24,25)23-12-10-22(11-13-23)9-8-19-6-4-5-7-20(19)26-22/h4-7,14-15H,8-13H2,1-3H3. The molecule has 4 rings (SSSR count). The second-order valence-corrected chi connectivity index (χ2v) is 9.90. The predicted octanol–water partition coefficient (Wildman–Crippen LogP) is 4.16. The fourth-order valence-corrected chi connectivity index (χ4v) is 6.50. The molecule has 2 aliphatic heterocycles. The molecule has 5 heteroatoms. The lowest BCUT2D eigenvalue weighted by molar-refractivity contribution is 0.00180. The summed E-state index contributed by atoms with van der Waals surface area (Å²) in [6.45, 7) is 6.80. The van der Waals surface area contributed by atoms with Crippen molar-refractivity contribution in [2.45, 2.75) is 57.0 Å². The van der Waals surface area contributed by atoms with E-state index < -0.39 is 10.0 Å². The maximum atomic E-state index is 13.3. The lowest BCUT2D eigenvalue weighted by Gasteiger charge is -2.44. The Morgan fingerprint density at radius 2 is 1.59 bits per heavy atom. The summed E-state index contributed by atoms with van der Waals surface area (Å²) in [4.78, 5) is 0.471. The zero-order valence-corrected chi connectivity index (χ0v) is 17.1. The quantitative estimate of drug-likeness (QED) is 0.780. The van der Waals surface area contributed by atoms with Crippen molar-refractivity contribution in [3.8, 4) is 5.75 Å². The Balaban J connectivity index is 1.55. The summed E-state index contributed by atoms with van der Waals surface area (Å²) in [7, 11) is -3.48. The van der Waals surface area contributed by atoms with Crippen molar-refractivity contribution >= 4 is 10.0 Å². The van der Waals surface area contributed by atoms with E-state index in [9.17, 15) is 8.42 Å². The van der Waals surface area contributed by atoms with Gasteiger partial charge in [-0.1, -0.05) is 35.9 Å². The van der Waals surface area contributed by atoms with Crippen molar-refractivity contribution in [3.05, 3.63) is 58.7 Å². The first-order valence-electron chi connectivity index (χ1n) is 9.66. The van der Waals surface area contributed by atoms with Crippen LogP contribution in [0.2, 0.25) is 0 Å².